The Balaban J connectivity index is 1.44. The lowest BCUT2D eigenvalue weighted by Gasteiger charge is -2.31. The number of hydrogen-bond acceptors (Lipinski definition) is 5. The van der Waals surface area contributed by atoms with Crippen LogP contribution in [0.15, 0.2) is 23.1 Å². The van der Waals surface area contributed by atoms with Crippen molar-refractivity contribution in [3.05, 3.63) is 24.0 Å². The van der Waals surface area contributed by atoms with Crippen LogP contribution in [0.3, 0.4) is 0 Å². The van der Waals surface area contributed by atoms with Crippen molar-refractivity contribution >= 4 is 32.9 Å². The molecule has 0 bridgehead atoms. The van der Waals surface area contributed by atoms with Crippen LogP contribution in [0.25, 0.3) is 11.0 Å². The number of carbonyl (C=O) groups excluding carboxylic acids is 2. The number of piperidine rings is 1. The summed E-state index contributed by atoms with van der Waals surface area (Å²) in [6, 6.07) is 5.28. The third-order valence-electron chi connectivity index (χ3n) is 6.83. The summed E-state index contributed by atoms with van der Waals surface area (Å²) >= 11 is 0. The molecule has 2 saturated heterocycles. The highest BCUT2D eigenvalue weighted by atomic mass is 32.2. The monoisotopic (exact) mass is 489 g/mol. The van der Waals surface area contributed by atoms with Crippen LogP contribution in [0.5, 0.6) is 0 Å². The molecular weight excluding hydrogens is 454 g/mol. The molecule has 34 heavy (non-hydrogen) atoms. The lowest BCUT2D eigenvalue weighted by atomic mass is 10.0. The van der Waals surface area contributed by atoms with E-state index in [1.165, 1.54) is 0 Å². The molecule has 1 N–H and O–H groups in total. The quantitative estimate of drug-likeness (QED) is 0.613. The van der Waals surface area contributed by atoms with Crippen molar-refractivity contribution in [2.24, 2.45) is 0 Å². The summed E-state index contributed by atoms with van der Waals surface area (Å²) in [6.07, 6.45) is 5.05. The summed E-state index contributed by atoms with van der Waals surface area (Å²) in [5, 5.41) is 3.10. The Kier molecular flexibility index (Phi) is 7.57. The van der Waals surface area contributed by atoms with Crippen LogP contribution in [0.2, 0.25) is 0 Å². The second kappa shape index (κ2) is 10.4. The van der Waals surface area contributed by atoms with Crippen molar-refractivity contribution in [1.82, 2.24) is 24.1 Å². The molecule has 0 radical (unpaired) electrons. The zero-order chi connectivity index (χ0) is 24.3. The van der Waals surface area contributed by atoms with Crippen LogP contribution in [-0.4, -0.2) is 71.2 Å². The molecule has 9 nitrogen and oxygen atoms in total. The van der Waals surface area contributed by atoms with Gasteiger partial charge in [-0.05, 0) is 50.3 Å². The zero-order valence-corrected chi connectivity index (χ0v) is 20.9. The van der Waals surface area contributed by atoms with Crippen molar-refractivity contribution in [1.29, 1.82) is 0 Å². The molecule has 2 fully saturated rings. The number of amides is 2. The van der Waals surface area contributed by atoms with Gasteiger partial charge in [-0.3, -0.25) is 9.59 Å². The first-order valence-electron chi connectivity index (χ1n) is 12.3. The summed E-state index contributed by atoms with van der Waals surface area (Å²) in [4.78, 5) is 30.9. The molecule has 2 amide bonds. The van der Waals surface area contributed by atoms with Gasteiger partial charge >= 0.3 is 0 Å². The van der Waals surface area contributed by atoms with Crippen molar-refractivity contribution < 1.29 is 18.0 Å². The Labute approximate surface area is 201 Å². The number of aryl methyl sites for hydroxylation is 2. The summed E-state index contributed by atoms with van der Waals surface area (Å²) in [5.74, 6) is 0.860. The number of hydrogen-bond donors (Lipinski definition) is 1. The molecule has 2 aliphatic rings. The second-order valence-corrected chi connectivity index (χ2v) is 11.2. The molecule has 10 heteroatoms. The molecule has 0 spiro atoms. The smallest absolute Gasteiger partial charge is 0.243 e. The third-order valence-corrected chi connectivity index (χ3v) is 8.72. The number of nitrogens with zero attached hydrogens (tertiary/aromatic N) is 4. The number of sulfonamides is 1. The first kappa shape index (κ1) is 24.7. The highest BCUT2D eigenvalue weighted by Gasteiger charge is 2.28. The number of carbonyl (C=O) groups is 2. The molecule has 1 aromatic carbocycles. The average molecular weight is 490 g/mol. The Morgan fingerprint density at radius 2 is 1.82 bits per heavy atom. The van der Waals surface area contributed by atoms with Crippen LogP contribution >= 0.6 is 0 Å². The Hall–Kier alpha value is -2.46. The van der Waals surface area contributed by atoms with Crippen molar-refractivity contribution in [2.75, 3.05) is 26.2 Å². The molecule has 186 valence electrons. The van der Waals surface area contributed by atoms with E-state index in [2.05, 4.69) is 16.8 Å². The van der Waals surface area contributed by atoms with E-state index in [9.17, 15) is 18.0 Å². The molecule has 2 aromatic rings. The maximum atomic E-state index is 13.0. The minimum absolute atomic E-state index is 0.0197. The van der Waals surface area contributed by atoms with E-state index in [0.717, 1.165) is 50.0 Å². The standard InChI is InChI=1S/C24H35N5O4S/c1-3-12-29-22-7-6-20(34(32,33)28-13-4-5-14-28)17-21(22)26-23(29)8-9-24(31)25-19-10-15-27(16-11-19)18(2)30/h6-7,17,19H,3-5,8-16H2,1-2H3,(H,25,31). The van der Waals surface area contributed by atoms with Gasteiger partial charge in [0, 0.05) is 58.5 Å². The van der Waals surface area contributed by atoms with Gasteiger partial charge in [-0.1, -0.05) is 6.92 Å². The molecule has 2 aliphatic heterocycles. The van der Waals surface area contributed by atoms with Crippen molar-refractivity contribution in [3.8, 4) is 0 Å². The van der Waals surface area contributed by atoms with Gasteiger partial charge in [0.05, 0.1) is 15.9 Å². The molecule has 4 rings (SSSR count). The summed E-state index contributed by atoms with van der Waals surface area (Å²) in [7, 11) is -3.50. The summed E-state index contributed by atoms with van der Waals surface area (Å²) < 4.78 is 29.6. The number of rotatable bonds is 8. The lowest BCUT2D eigenvalue weighted by Crippen LogP contribution is -2.46. The molecule has 0 saturated carbocycles. The SMILES string of the molecule is CCCn1c(CCC(=O)NC2CCN(C(C)=O)CC2)nc2cc(S(=O)(=O)N3CCCC3)ccc21. The Morgan fingerprint density at radius 3 is 2.47 bits per heavy atom. The molecule has 3 heterocycles. The van der Waals surface area contributed by atoms with Crippen molar-refractivity contribution in [2.45, 2.75) is 76.3 Å². The van der Waals surface area contributed by atoms with E-state index in [4.69, 9.17) is 4.98 Å². The van der Waals surface area contributed by atoms with Crippen LogP contribution in [0.4, 0.5) is 0 Å². The number of fused-ring (bicyclic) bond motifs is 1. The van der Waals surface area contributed by atoms with Crippen molar-refractivity contribution in [3.63, 3.8) is 0 Å². The van der Waals surface area contributed by atoms with Gasteiger partial charge < -0.3 is 14.8 Å². The Morgan fingerprint density at radius 1 is 1.12 bits per heavy atom. The topological polar surface area (TPSA) is 105 Å². The number of nitrogens with one attached hydrogen (secondary N) is 1. The number of imidazole rings is 1. The second-order valence-electron chi connectivity index (χ2n) is 9.29. The van der Waals surface area contributed by atoms with Gasteiger partial charge in [-0.2, -0.15) is 4.31 Å². The number of benzene rings is 1. The van der Waals surface area contributed by atoms with Crippen LogP contribution in [-0.2, 0) is 32.6 Å². The maximum absolute atomic E-state index is 13.0. The van der Waals surface area contributed by atoms with E-state index >= 15 is 0 Å². The lowest BCUT2D eigenvalue weighted by molar-refractivity contribution is -0.130. The predicted molar refractivity (Wildman–Crippen MR) is 130 cm³/mol. The molecular formula is C24H35N5O4S. The highest BCUT2D eigenvalue weighted by molar-refractivity contribution is 7.89. The van der Waals surface area contributed by atoms with E-state index in [0.29, 0.717) is 44.5 Å². The fraction of sp³-hybridized carbons (Fsp3) is 0.625. The predicted octanol–water partition coefficient (Wildman–Crippen LogP) is 2.29. The molecule has 0 atom stereocenters. The third kappa shape index (κ3) is 5.27. The van der Waals surface area contributed by atoms with Gasteiger partial charge in [0.25, 0.3) is 0 Å². The molecule has 1 aromatic heterocycles. The van der Waals surface area contributed by atoms with Gasteiger partial charge in [0.1, 0.15) is 5.82 Å². The van der Waals surface area contributed by atoms with E-state index in [-0.39, 0.29) is 22.8 Å². The molecule has 0 unspecified atom stereocenters. The fourth-order valence-electron chi connectivity index (χ4n) is 4.93. The van der Waals surface area contributed by atoms with Gasteiger partial charge in [0.15, 0.2) is 0 Å². The summed E-state index contributed by atoms with van der Waals surface area (Å²) in [6.45, 7) is 6.91. The van der Waals surface area contributed by atoms with Gasteiger partial charge in [0.2, 0.25) is 21.8 Å². The average Bonchev–Trinajstić information content (AvgIpc) is 3.47. The first-order chi connectivity index (χ1) is 16.3. The largest absolute Gasteiger partial charge is 0.353 e. The molecule has 0 aliphatic carbocycles. The Bertz CT molecular complexity index is 1150. The van der Waals surface area contributed by atoms with E-state index in [1.807, 2.05) is 11.0 Å². The minimum atomic E-state index is -3.50. The normalized spacial score (nSPS) is 18.0. The van der Waals surface area contributed by atoms with Gasteiger partial charge in [-0.15, -0.1) is 0 Å². The number of likely N-dealkylation sites (tertiary alicyclic amines) is 1. The van der Waals surface area contributed by atoms with E-state index < -0.39 is 10.0 Å². The van der Waals surface area contributed by atoms with E-state index in [1.54, 1.807) is 23.4 Å². The maximum Gasteiger partial charge on any atom is 0.243 e. The minimum Gasteiger partial charge on any atom is -0.353 e. The zero-order valence-electron chi connectivity index (χ0n) is 20.1. The van der Waals surface area contributed by atoms with Crippen LogP contribution in [0.1, 0.15) is 58.2 Å². The highest BCUT2D eigenvalue weighted by Crippen LogP contribution is 2.26. The fourth-order valence-corrected chi connectivity index (χ4v) is 6.46. The summed E-state index contributed by atoms with van der Waals surface area (Å²) in [5.41, 5.74) is 1.55. The van der Waals surface area contributed by atoms with Crippen LogP contribution in [0, 0.1) is 0 Å². The van der Waals surface area contributed by atoms with Gasteiger partial charge in [-0.25, -0.2) is 13.4 Å². The number of aromatic nitrogens is 2. The van der Waals surface area contributed by atoms with Crippen LogP contribution < -0.4 is 5.32 Å². The first-order valence-corrected chi connectivity index (χ1v) is 13.8.